The first-order chi connectivity index (χ1) is 12.3. The van der Waals surface area contributed by atoms with Crippen molar-refractivity contribution < 1.29 is 27.9 Å². The zero-order valence-corrected chi connectivity index (χ0v) is 15.7. The number of hydrogen-bond acceptors (Lipinski definition) is 5. The maximum atomic E-state index is 13.0. The number of nitrogens with one attached hydrogen (secondary N) is 1. The van der Waals surface area contributed by atoms with Crippen LogP contribution < -0.4 is 5.32 Å². The van der Waals surface area contributed by atoms with Crippen LogP contribution in [0.4, 0.5) is 0 Å². The molecule has 8 nitrogen and oxygen atoms in total. The number of piperidine rings is 1. The van der Waals surface area contributed by atoms with Gasteiger partial charge < -0.3 is 15.2 Å². The number of benzene rings is 1. The first-order valence-electron chi connectivity index (χ1n) is 8.39. The zero-order chi connectivity index (χ0) is 19.3. The summed E-state index contributed by atoms with van der Waals surface area (Å²) >= 11 is 0. The van der Waals surface area contributed by atoms with Gasteiger partial charge in [0.25, 0.3) is 5.91 Å². The predicted octanol–water partition coefficient (Wildman–Crippen LogP) is 0.937. The van der Waals surface area contributed by atoms with E-state index < -0.39 is 27.8 Å². The molecule has 9 heteroatoms. The monoisotopic (exact) mass is 384 g/mol. The van der Waals surface area contributed by atoms with Crippen molar-refractivity contribution in [3.63, 3.8) is 0 Å². The van der Waals surface area contributed by atoms with Crippen molar-refractivity contribution in [3.05, 3.63) is 29.8 Å². The highest BCUT2D eigenvalue weighted by atomic mass is 32.2. The number of ether oxygens (including phenoxy) is 1. The van der Waals surface area contributed by atoms with Crippen LogP contribution in [-0.4, -0.2) is 62.6 Å². The molecule has 1 aliphatic rings. The molecule has 0 bridgehead atoms. The maximum Gasteiger partial charge on any atom is 0.307 e. The molecule has 0 aliphatic carbocycles. The van der Waals surface area contributed by atoms with E-state index in [0.29, 0.717) is 26.0 Å². The van der Waals surface area contributed by atoms with E-state index in [2.05, 4.69) is 5.32 Å². The lowest BCUT2D eigenvalue weighted by atomic mass is 9.96. The molecule has 1 amide bonds. The number of methoxy groups -OCH3 is 1. The maximum absolute atomic E-state index is 13.0. The van der Waals surface area contributed by atoms with Gasteiger partial charge in [0.05, 0.1) is 17.4 Å². The second-order valence-corrected chi connectivity index (χ2v) is 8.20. The molecule has 2 N–H and O–H groups in total. The number of carboxylic acids is 1. The lowest BCUT2D eigenvalue weighted by molar-refractivity contribution is -0.143. The molecule has 0 spiro atoms. The van der Waals surface area contributed by atoms with Gasteiger partial charge in [-0.05, 0) is 38.0 Å². The van der Waals surface area contributed by atoms with Crippen LogP contribution in [-0.2, 0) is 19.6 Å². The zero-order valence-electron chi connectivity index (χ0n) is 14.8. The number of carbonyl (C=O) groups is 2. The molecule has 1 aromatic carbocycles. The van der Waals surface area contributed by atoms with Crippen LogP contribution in [0.5, 0.6) is 0 Å². The van der Waals surface area contributed by atoms with Gasteiger partial charge in [0.2, 0.25) is 10.0 Å². The van der Waals surface area contributed by atoms with Crippen LogP contribution >= 0.6 is 0 Å². The molecular formula is C17H24N2O6S. The number of rotatable bonds is 7. The summed E-state index contributed by atoms with van der Waals surface area (Å²) in [4.78, 5) is 23.4. The predicted molar refractivity (Wildman–Crippen MR) is 94.4 cm³/mol. The van der Waals surface area contributed by atoms with Crippen molar-refractivity contribution in [3.8, 4) is 0 Å². The van der Waals surface area contributed by atoms with E-state index in [0.717, 1.165) is 0 Å². The quantitative estimate of drug-likeness (QED) is 0.677. The van der Waals surface area contributed by atoms with Crippen LogP contribution in [0, 0.1) is 5.92 Å². The summed E-state index contributed by atoms with van der Waals surface area (Å²) in [5.41, 5.74) is 0.224. The van der Waals surface area contributed by atoms with Crippen molar-refractivity contribution in [1.82, 2.24) is 9.62 Å². The fraction of sp³-hybridized carbons (Fsp3) is 0.529. The first-order valence-corrected chi connectivity index (χ1v) is 9.83. The molecule has 1 aliphatic heterocycles. The molecule has 2 rings (SSSR count). The Morgan fingerprint density at radius 1 is 1.35 bits per heavy atom. The van der Waals surface area contributed by atoms with Crippen LogP contribution in [0.3, 0.4) is 0 Å². The van der Waals surface area contributed by atoms with Gasteiger partial charge in [-0.3, -0.25) is 9.59 Å². The van der Waals surface area contributed by atoms with Gasteiger partial charge >= 0.3 is 5.97 Å². The van der Waals surface area contributed by atoms with Crippen molar-refractivity contribution in [1.29, 1.82) is 0 Å². The number of hydrogen-bond donors (Lipinski definition) is 2. The molecule has 2 unspecified atom stereocenters. The van der Waals surface area contributed by atoms with Gasteiger partial charge in [-0.2, -0.15) is 4.31 Å². The summed E-state index contributed by atoms with van der Waals surface area (Å²) < 4.78 is 32.0. The van der Waals surface area contributed by atoms with Crippen molar-refractivity contribution >= 4 is 21.9 Å². The molecule has 1 saturated heterocycles. The minimum absolute atomic E-state index is 0.0187. The normalized spacial score (nSPS) is 21.3. The summed E-state index contributed by atoms with van der Waals surface area (Å²) in [7, 11) is -2.38. The summed E-state index contributed by atoms with van der Waals surface area (Å²) in [6.07, 6.45) is 0.928. The van der Waals surface area contributed by atoms with E-state index in [1.165, 1.54) is 35.7 Å². The highest BCUT2D eigenvalue weighted by Crippen LogP contribution is 2.28. The second kappa shape index (κ2) is 8.61. The van der Waals surface area contributed by atoms with E-state index in [9.17, 15) is 23.1 Å². The van der Waals surface area contributed by atoms with E-state index in [1.807, 2.05) is 0 Å². The Kier molecular flexibility index (Phi) is 6.74. The van der Waals surface area contributed by atoms with E-state index in [4.69, 9.17) is 4.74 Å². The van der Waals surface area contributed by atoms with Crippen molar-refractivity contribution in [2.45, 2.75) is 30.7 Å². The molecule has 1 fully saturated rings. The lowest BCUT2D eigenvalue weighted by Crippen LogP contribution is -2.47. The molecule has 26 heavy (non-hydrogen) atoms. The molecular weight excluding hydrogens is 360 g/mol. The van der Waals surface area contributed by atoms with Crippen LogP contribution in [0.25, 0.3) is 0 Å². The molecule has 0 aromatic heterocycles. The van der Waals surface area contributed by atoms with Gasteiger partial charge in [0.15, 0.2) is 0 Å². The lowest BCUT2D eigenvalue weighted by Gasteiger charge is -2.35. The van der Waals surface area contributed by atoms with E-state index >= 15 is 0 Å². The summed E-state index contributed by atoms with van der Waals surface area (Å²) in [5, 5.41) is 11.9. The minimum Gasteiger partial charge on any atom is -0.481 e. The highest BCUT2D eigenvalue weighted by molar-refractivity contribution is 7.89. The van der Waals surface area contributed by atoms with Gasteiger partial charge in [-0.1, -0.05) is 6.07 Å². The van der Waals surface area contributed by atoms with Crippen LogP contribution in [0.15, 0.2) is 29.2 Å². The van der Waals surface area contributed by atoms with Gasteiger partial charge in [-0.15, -0.1) is 0 Å². The van der Waals surface area contributed by atoms with Crippen molar-refractivity contribution in [2.24, 2.45) is 5.92 Å². The SMILES string of the molecule is COCCNC(=O)c1cccc(S(=O)(=O)N2CC(C(=O)O)CCC2C)c1. The third-order valence-corrected chi connectivity index (χ3v) is 6.44. The average molecular weight is 384 g/mol. The Morgan fingerprint density at radius 2 is 2.08 bits per heavy atom. The Morgan fingerprint density at radius 3 is 2.73 bits per heavy atom. The fourth-order valence-corrected chi connectivity index (χ4v) is 4.67. The van der Waals surface area contributed by atoms with Gasteiger partial charge in [-0.25, -0.2) is 8.42 Å². The number of sulfonamides is 1. The first kappa shape index (κ1) is 20.3. The Labute approximate surface area is 153 Å². The van der Waals surface area contributed by atoms with Crippen molar-refractivity contribution in [2.75, 3.05) is 26.8 Å². The molecule has 0 saturated carbocycles. The highest BCUT2D eigenvalue weighted by Gasteiger charge is 2.37. The molecule has 144 valence electrons. The van der Waals surface area contributed by atoms with Gasteiger partial charge in [0, 0.05) is 31.8 Å². The van der Waals surface area contributed by atoms with E-state index in [-0.39, 0.29) is 23.0 Å². The second-order valence-electron chi connectivity index (χ2n) is 6.31. The fourth-order valence-electron chi connectivity index (χ4n) is 2.91. The summed E-state index contributed by atoms with van der Waals surface area (Å²) in [6.45, 7) is 2.36. The summed E-state index contributed by atoms with van der Waals surface area (Å²) in [6, 6.07) is 5.46. The number of carboxylic acid groups (broad SMARTS) is 1. The van der Waals surface area contributed by atoms with E-state index in [1.54, 1.807) is 6.92 Å². The molecule has 2 atom stereocenters. The Balaban J connectivity index is 2.24. The number of carbonyl (C=O) groups excluding carboxylic acids is 1. The van der Waals surface area contributed by atoms with Gasteiger partial charge in [0.1, 0.15) is 0 Å². The Bertz CT molecular complexity index is 764. The Hall–Kier alpha value is -1.97. The standard InChI is InChI=1S/C17H24N2O6S/c1-12-6-7-14(17(21)22)11-19(12)26(23,24)15-5-3-4-13(10-15)16(20)18-8-9-25-2/h3-5,10,12,14H,6-9,11H2,1-2H3,(H,18,20)(H,21,22). The number of nitrogens with zero attached hydrogens (tertiary/aromatic N) is 1. The smallest absolute Gasteiger partial charge is 0.307 e. The van der Waals surface area contributed by atoms with Crippen LogP contribution in [0.1, 0.15) is 30.1 Å². The molecule has 1 aromatic rings. The topological polar surface area (TPSA) is 113 Å². The molecule has 1 heterocycles. The third kappa shape index (κ3) is 4.60. The van der Waals surface area contributed by atoms with Crippen LogP contribution in [0.2, 0.25) is 0 Å². The third-order valence-electron chi connectivity index (χ3n) is 4.47. The average Bonchev–Trinajstić information content (AvgIpc) is 2.62. The minimum atomic E-state index is -3.89. The number of amides is 1. The molecule has 0 radical (unpaired) electrons. The summed E-state index contributed by atoms with van der Waals surface area (Å²) in [5.74, 6) is -2.11. The number of aliphatic carboxylic acids is 1. The largest absolute Gasteiger partial charge is 0.481 e.